The fraction of sp³-hybridized carbons (Fsp3) is 0.818. The standard InChI is InChI=1S/C11H18N4/c1-8-3-10-5-11(4-8,14-10)9(2)15-6-12-13-7-15/h6-10,14H,3-5H2,1-2H3. The molecule has 4 atom stereocenters. The maximum atomic E-state index is 3.89. The SMILES string of the molecule is CC1CC2CC(C(C)n3cnnc3)(C1)N2. The first-order valence-corrected chi connectivity index (χ1v) is 5.81. The van der Waals surface area contributed by atoms with Gasteiger partial charge in [0, 0.05) is 11.6 Å². The van der Waals surface area contributed by atoms with E-state index in [4.69, 9.17) is 0 Å². The molecule has 0 aromatic carbocycles. The third-order valence-corrected chi connectivity index (χ3v) is 4.19. The summed E-state index contributed by atoms with van der Waals surface area (Å²) in [5.41, 5.74) is 0.310. The van der Waals surface area contributed by atoms with Gasteiger partial charge in [0.25, 0.3) is 0 Å². The first kappa shape index (κ1) is 9.33. The lowest BCUT2D eigenvalue weighted by atomic mass is 9.63. The van der Waals surface area contributed by atoms with Gasteiger partial charge in [0.2, 0.25) is 0 Å². The average Bonchev–Trinajstić information content (AvgIpc) is 2.66. The maximum Gasteiger partial charge on any atom is 0.119 e. The summed E-state index contributed by atoms with van der Waals surface area (Å²) >= 11 is 0. The molecular weight excluding hydrogens is 188 g/mol. The van der Waals surface area contributed by atoms with Gasteiger partial charge in [-0.1, -0.05) is 6.92 Å². The Labute approximate surface area is 90.1 Å². The van der Waals surface area contributed by atoms with Gasteiger partial charge in [-0.15, -0.1) is 10.2 Å². The van der Waals surface area contributed by atoms with Crippen LogP contribution in [0.15, 0.2) is 12.7 Å². The Balaban J connectivity index is 1.82. The number of piperidine rings is 1. The first-order chi connectivity index (χ1) is 7.20. The number of nitrogens with one attached hydrogen (secondary N) is 1. The molecule has 2 bridgehead atoms. The molecule has 4 heteroatoms. The van der Waals surface area contributed by atoms with Gasteiger partial charge in [0.1, 0.15) is 12.7 Å². The fourth-order valence-corrected chi connectivity index (χ4v) is 3.46. The molecule has 15 heavy (non-hydrogen) atoms. The highest BCUT2D eigenvalue weighted by atomic mass is 15.3. The fourth-order valence-electron chi connectivity index (χ4n) is 3.46. The van der Waals surface area contributed by atoms with E-state index in [1.54, 1.807) is 0 Å². The quantitative estimate of drug-likeness (QED) is 0.794. The third-order valence-electron chi connectivity index (χ3n) is 4.19. The van der Waals surface area contributed by atoms with Crippen LogP contribution >= 0.6 is 0 Å². The van der Waals surface area contributed by atoms with E-state index in [1.807, 2.05) is 12.7 Å². The molecule has 82 valence electrons. The molecule has 4 nitrogen and oxygen atoms in total. The summed E-state index contributed by atoms with van der Waals surface area (Å²) in [4.78, 5) is 0. The molecule has 2 aliphatic heterocycles. The van der Waals surface area contributed by atoms with Gasteiger partial charge in [-0.05, 0) is 32.1 Å². The highest BCUT2D eigenvalue weighted by molar-refractivity contribution is 5.12. The zero-order chi connectivity index (χ0) is 10.5. The molecule has 1 aromatic heterocycles. The van der Waals surface area contributed by atoms with Gasteiger partial charge >= 0.3 is 0 Å². The predicted molar refractivity (Wildman–Crippen MR) is 57.4 cm³/mol. The molecule has 0 radical (unpaired) electrons. The van der Waals surface area contributed by atoms with Crippen molar-refractivity contribution in [3.8, 4) is 0 Å². The number of aromatic nitrogens is 3. The summed E-state index contributed by atoms with van der Waals surface area (Å²) in [6, 6.07) is 1.22. The first-order valence-electron chi connectivity index (χ1n) is 5.81. The van der Waals surface area contributed by atoms with Gasteiger partial charge in [-0.25, -0.2) is 0 Å². The van der Waals surface area contributed by atoms with Crippen molar-refractivity contribution in [2.75, 3.05) is 0 Å². The Kier molecular flexibility index (Phi) is 1.89. The topological polar surface area (TPSA) is 42.7 Å². The minimum atomic E-state index is 0.310. The van der Waals surface area contributed by atoms with E-state index >= 15 is 0 Å². The number of nitrogens with zero attached hydrogens (tertiary/aromatic N) is 3. The average molecular weight is 206 g/mol. The van der Waals surface area contributed by atoms with Crippen molar-refractivity contribution >= 4 is 0 Å². The molecule has 1 aromatic rings. The Hall–Kier alpha value is -0.900. The molecule has 3 heterocycles. The van der Waals surface area contributed by atoms with Gasteiger partial charge in [-0.2, -0.15) is 0 Å². The van der Waals surface area contributed by atoms with E-state index in [9.17, 15) is 0 Å². The van der Waals surface area contributed by atoms with Crippen LogP contribution in [0.25, 0.3) is 0 Å². The number of hydrogen-bond acceptors (Lipinski definition) is 3. The van der Waals surface area contributed by atoms with Crippen LogP contribution < -0.4 is 5.32 Å². The summed E-state index contributed by atoms with van der Waals surface area (Å²) < 4.78 is 2.13. The van der Waals surface area contributed by atoms with Crippen molar-refractivity contribution in [1.82, 2.24) is 20.1 Å². The summed E-state index contributed by atoms with van der Waals surface area (Å²) in [7, 11) is 0. The Morgan fingerprint density at radius 1 is 1.40 bits per heavy atom. The van der Waals surface area contributed by atoms with E-state index in [-0.39, 0.29) is 0 Å². The van der Waals surface area contributed by atoms with Crippen LogP contribution in [0, 0.1) is 5.92 Å². The second kappa shape index (κ2) is 3.04. The lowest BCUT2D eigenvalue weighted by molar-refractivity contribution is 0.000795. The van der Waals surface area contributed by atoms with Crippen molar-refractivity contribution in [3.05, 3.63) is 12.7 Å². The highest BCUT2D eigenvalue weighted by Gasteiger charge is 2.52. The molecule has 1 saturated carbocycles. The van der Waals surface area contributed by atoms with Gasteiger partial charge in [0.05, 0.1) is 6.04 Å². The van der Waals surface area contributed by atoms with E-state index in [0.29, 0.717) is 11.6 Å². The molecule has 0 spiro atoms. The summed E-state index contributed by atoms with van der Waals surface area (Å²) in [5.74, 6) is 0.851. The Bertz CT molecular complexity index is 339. The normalized spacial score (nSPS) is 40.9. The second-order valence-electron chi connectivity index (χ2n) is 5.33. The molecule has 4 unspecified atom stereocenters. The minimum Gasteiger partial charge on any atom is -0.315 e. The Morgan fingerprint density at radius 3 is 2.67 bits per heavy atom. The smallest absolute Gasteiger partial charge is 0.119 e. The van der Waals surface area contributed by atoms with Crippen LogP contribution in [-0.4, -0.2) is 26.3 Å². The summed E-state index contributed by atoms with van der Waals surface area (Å²) in [6.45, 7) is 4.63. The molecule has 1 aliphatic carbocycles. The van der Waals surface area contributed by atoms with Gasteiger partial charge < -0.3 is 9.88 Å². The van der Waals surface area contributed by atoms with Crippen LogP contribution in [0.5, 0.6) is 0 Å². The van der Waals surface area contributed by atoms with E-state index in [0.717, 1.165) is 12.0 Å². The van der Waals surface area contributed by atoms with Crippen LogP contribution in [0.1, 0.15) is 39.2 Å². The molecule has 4 rings (SSSR count). The van der Waals surface area contributed by atoms with Crippen molar-refractivity contribution in [3.63, 3.8) is 0 Å². The highest BCUT2D eigenvalue weighted by Crippen LogP contribution is 2.47. The summed E-state index contributed by atoms with van der Waals surface area (Å²) in [6.07, 6.45) is 7.59. The van der Waals surface area contributed by atoms with Crippen LogP contribution in [0.3, 0.4) is 0 Å². The Morgan fingerprint density at radius 2 is 2.07 bits per heavy atom. The third kappa shape index (κ3) is 1.31. The second-order valence-corrected chi connectivity index (χ2v) is 5.33. The molecule has 1 N–H and O–H groups in total. The van der Waals surface area contributed by atoms with Crippen LogP contribution in [0.2, 0.25) is 0 Å². The van der Waals surface area contributed by atoms with Crippen molar-refractivity contribution in [2.24, 2.45) is 5.92 Å². The molecule has 0 amide bonds. The molecule has 3 fully saturated rings. The van der Waals surface area contributed by atoms with Gasteiger partial charge in [-0.3, -0.25) is 0 Å². The van der Waals surface area contributed by atoms with Crippen molar-refractivity contribution in [1.29, 1.82) is 0 Å². The maximum absolute atomic E-state index is 3.89. The lowest BCUT2D eigenvalue weighted by Crippen LogP contribution is -2.70. The van der Waals surface area contributed by atoms with E-state index in [1.165, 1.54) is 19.3 Å². The van der Waals surface area contributed by atoms with E-state index < -0.39 is 0 Å². The molecule has 2 saturated heterocycles. The summed E-state index contributed by atoms with van der Waals surface area (Å²) in [5, 5.41) is 11.5. The van der Waals surface area contributed by atoms with E-state index in [2.05, 4.69) is 33.9 Å². The number of hydrogen-bond donors (Lipinski definition) is 1. The zero-order valence-corrected chi connectivity index (χ0v) is 9.35. The number of rotatable bonds is 2. The predicted octanol–water partition coefficient (Wildman–Crippen LogP) is 1.37. The lowest BCUT2D eigenvalue weighted by Gasteiger charge is -2.59. The van der Waals surface area contributed by atoms with Crippen LogP contribution in [0.4, 0.5) is 0 Å². The van der Waals surface area contributed by atoms with Gasteiger partial charge in [0.15, 0.2) is 0 Å². The minimum absolute atomic E-state index is 0.310. The number of fused-ring (bicyclic) bond motifs is 2. The molecular formula is C11H18N4. The monoisotopic (exact) mass is 206 g/mol. The van der Waals surface area contributed by atoms with Crippen molar-refractivity contribution < 1.29 is 0 Å². The largest absolute Gasteiger partial charge is 0.315 e. The molecule has 3 aliphatic rings. The van der Waals surface area contributed by atoms with Crippen molar-refractivity contribution in [2.45, 2.75) is 50.7 Å². The zero-order valence-electron chi connectivity index (χ0n) is 9.35. The van der Waals surface area contributed by atoms with Crippen LogP contribution in [-0.2, 0) is 0 Å².